The molecule has 1 fully saturated rings. The van der Waals surface area contributed by atoms with Crippen LogP contribution in [0.4, 0.5) is 26.3 Å². The summed E-state index contributed by atoms with van der Waals surface area (Å²) in [5.74, 6) is -1.54. The largest absolute Gasteiger partial charge is 0.507 e. The second-order valence-corrected chi connectivity index (χ2v) is 22.2. The lowest BCUT2D eigenvalue weighted by atomic mass is 10.00. The standard InChI is InChI=1S/C17H11BrF2O2.C17H12F2O3.C11H12BrFO2.C10H6BrFO2.C10H8O3/c1-9(18)17-14(10-5-7-11(19)8-6-10)16(21)15-12(20)3-2-4-13(15)22-17;1-9(20)17-14(10-4-2-5-11(18)8-10)16(21)15-12(19)6-3-7-13(15)22-17;12-8-1-2-11(10(13)7-8)15-9-3-5-14-6-4-9;1-5-9(11)10(13)8-6(12)3-2-4-7(8)14-5;1-6-5-8(12)10-7(11)3-2-4-9(10)13-6/h2-9H,1H3;2-9,20H,1H3;1-2,7,9H,3-6H2;2-4H,1H3;2-5,11H,1H3/t;9-;;;/m.0.../s1. The van der Waals surface area contributed by atoms with Crippen molar-refractivity contribution in [1.82, 2.24) is 0 Å². The molecule has 12 rings (SSSR count). The van der Waals surface area contributed by atoms with Crippen molar-refractivity contribution in [1.29, 1.82) is 0 Å². The number of halogens is 9. The van der Waals surface area contributed by atoms with E-state index in [2.05, 4.69) is 47.8 Å². The summed E-state index contributed by atoms with van der Waals surface area (Å²) in [6.45, 7) is 7.97. The van der Waals surface area contributed by atoms with Gasteiger partial charge in [0.05, 0.1) is 29.2 Å². The van der Waals surface area contributed by atoms with Crippen molar-refractivity contribution in [3.63, 3.8) is 0 Å². The predicted octanol–water partition coefficient (Wildman–Crippen LogP) is 16.9. The Hall–Kier alpha value is -8.08. The highest BCUT2D eigenvalue weighted by atomic mass is 79.9. The summed E-state index contributed by atoms with van der Waals surface area (Å²) in [5, 5.41) is 19.2. The molecule has 12 nitrogen and oxygen atoms in total. The Labute approximate surface area is 510 Å². The van der Waals surface area contributed by atoms with Crippen molar-refractivity contribution in [3.05, 3.63) is 253 Å². The number of hydrogen-bond acceptors (Lipinski definition) is 12. The topological polar surface area (TPSA) is 180 Å². The van der Waals surface area contributed by atoms with Gasteiger partial charge in [-0.3, -0.25) is 19.2 Å². The lowest BCUT2D eigenvalue weighted by Crippen LogP contribution is -2.26. The number of aliphatic hydroxyl groups is 1. The van der Waals surface area contributed by atoms with Gasteiger partial charge in [-0.25, -0.2) is 26.3 Å². The van der Waals surface area contributed by atoms with Gasteiger partial charge >= 0.3 is 0 Å². The minimum Gasteiger partial charge on any atom is -0.507 e. The normalized spacial score (nSPS) is 12.9. The van der Waals surface area contributed by atoms with Gasteiger partial charge < -0.3 is 37.4 Å². The minimum atomic E-state index is -1.10. The molecule has 444 valence electrons. The van der Waals surface area contributed by atoms with Gasteiger partial charge in [0.25, 0.3) is 0 Å². The second kappa shape index (κ2) is 28.4. The van der Waals surface area contributed by atoms with Gasteiger partial charge in [0.2, 0.25) is 16.3 Å². The number of fused-ring (bicyclic) bond motifs is 4. The second-order valence-electron chi connectivity index (χ2n) is 19.2. The molecule has 2 atom stereocenters. The highest BCUT2D eigenvalue weighted by Crippen LogP contribution is 2.35. The molecular weight excluding hydrogens is 1330 g/mol. The van der Waals surface area contributed by atoms with Crippen molar-refractivity contribution < 1.29 is 63.7 Å². The Bertz CT molecular complexity index is 4520. The zero-order chi connectivity index (χ0) is 62.1. The summed E-state index contributed by atoms with van der Waals surface area (Å²) < 4.78 is 115. The predicted molar refractivity (Wildman–Crippen MR) is 326 cm³/mol. The summed E-state index contributed by atoms with van der Waals surface area (Å²) in [5.41, 5.74) is 0.163. The van der Waals surface area contributed by atoms with E-state index in [0.717, 1.165) is 29.4 Å². The molecule has 86 heavy (non-hydrogen) atoms. The first-order valence-electron chi connectivity index (χ1n) is 26.2. The fraction of sp³-hybridized carbons (Fsp3) is 0.169. The number of aromatic hydroxyl groups is 1. The van der Waals surface area contributed by atoms with Crippen LogP contribution in [0.15, 0.2) is 191 Å². The first kappa shape index (κ1) is 63.9. The quantitative estimate of drug-likeness (QED) is 0.119. The lowest BCUT2D eigenvalue weighted by molar-refractivity contribution is 0.0240. The molecule has 1 aliphatic rings. The van der Waals surface area contributed by atoms with Gasteiger partial charge in [0, 0.05) is 23.4 Å². The van der Waals surface area contributed by atoms with Crippen LogP contribution in [0, 0.1) is 48.8 Å². The maximum absolute atomic E-state index is 14.0. The van der Waals surface area contributed by atoms with Crippen molar-refractivity contribution in [2.75, 3.05) is 13.2 Å². The summed E-state index contributed by atoms with van der Waals surface area (Å²) in [7, 11) is 0. The zero-order valence-electron chi connectivity index (χ0n) is 45.8. The number of aliphatic hydroxyl groups excluding tert-OH is 1. The molecule has 4 aromatic heterocycles. The van der Waals surface area contributed by atoms with Crippen molar-refractivity contribution >= 4 is 91.7 Å². The van der Waals surface area contributed by atoms with E-state index in [1.165, 1.54) is 104 Å². The first-order valence-corrected chi connectivity index (χ1v) is 28.7. The molecule has 0 bridgehead atoms. The number of hydrogen-bond donors (Lipinski definition) is 2. The number of ether oxygens (including phenoxy) is 2. The molecule has 1 unspecified atom stereocenters. The molecule has 1 aliphatic heterocycles. The van der Waals surface area contributed by atoms with Crippen molar-refractivity contribution in [2.45, 2.75) is 57.6 Å². The molecule has 21 heteroatoms. The minimum absolute atomic E-state index is 0.00928. The van der Waals surface area contributed by atoms with E-state index < -0.39 is 46.0 Å². The maximum Gasteiger partial charge on any atom is 0.210 e. The fourth-order valence-electron chi connectivity index (χ4n) is 8.96. The van der Waals surface area contributed by atoms with E-state index in [1.54, 1.807) is 57.2 Å². The number of alkyl halides is 1. The Morgan fingerprint density at radius 2 is 1.05 bits per heavy atom. The van der Waals surface area contributed by atoms with Crippen LogP contribution in [-0.2, 0) is 4.74 Å². The monoisotopic (exact) mass is 1370 g/mol. The van der Waals surface area contributed by atoms with E-state index in [-0.39, 0.29) is 98.6 Å². The third-order valence-corrected chi connectivity index (χ3v) is 14.8. The number of phenolic OH excluding ortho intramolecular Hbond substituents is 1. The average molecular weight is 1380 g/mol. The highest BCUT2D eigenvalue weighted by molar-refractivity contribution is 9.10. The van der Waals surface area contributed by atoms with Gasteiger partial charge in [-0.1, -0.05) is 80.4 Å². The Balaban J connectivity index is 0.000000142. The van der Waals surface area contributed by atoms with Gasteiger partial charge in [-0.05, 0) is 146 Å². The molecule has 1 saturated heterocycles. The summed E-state index contributed by atoms with van der Waals surface area (Å²) in [4.78, 5) is 48.2. The van der Waals surface area contributed by atoms with Crippen LogP contribution in [0.5, 0.6) is 11.5 Å². The molecule has 2 N–H and O–H groups in total. The van der Waals surface area contributed by atoms with E-state index >= 15 is 0 Å². The van der Waals surface area contributed by atoms with E-state index in [1.807, 2.05) is 0 Å². The van der Waals surface area contributed by atoms with Crippen LogP contribution >= 0.6 is 47.8 Å². The van der Waals surface area contributed by atoms with Crippen LogP contribution in [-0.4, -0.2) is 29.5 Å². The van der Waals surface area contributed by atoms with Crippen LogP contribution < -0.4 is 26.5 Å². The van der Waals surface area contributed by atoms with E-state index in [0.29, 0.717) is 47.4 Å². The third kappa shape index (κ3) is 14.9. The fourth-order valence-corrected chi connectivity index (χ4v) is 9.89. The molecule has 11 aromatic rings. The average Bonchev–Trinajstić information content (AvgIpc) is 1.36. The molecule has 0 aliphatic carbocycles. The molecule has 0 saturated carbocycles. The smallest absolute Gasteiger partial charge is 0.210 e. The van der Waals surface area contributed by atoms with Crippen molar-refractivity contribution in [2.24, 2.45) is 0 Å². The number of phenols is 1. The highest BCUT2D eigenvalue weighted by Gasteiger charge is 2.24. The van der Waals surface area contributed by atoms with Crippen molar-refractivity contribution in [3.8, 4) is 33.8 Å². The van der Waals surface area contributed by atoms with Gasteiger partial charge in [0.1, 0.15) is 118 Å². The van der Waals surface area contributed by atoms with Crippen LogP contribution in [0.25, 0.3) is 66.1 Å². The lowest BCUT2D eigenvalue weighted by Gasteiger charge is -2.23. The Morgan fingerprint density at radius 3 is 1.59 bits per heavy atom. The van der Waals surface area contributed by atoms with Gasteiger partial charge in [-0.15, -0.1) is 0 Å². The maximum atomic E-state index is 14.0. The van der Waals surface area contributed by atoms with Crippen LogP contribution in [0.3, 0.4) is 0 Å². The van der Waals surface area contributed by atoms with Crippen LogP contribution in [0.1, 0.15) is 60.7 Å². The molecular formula is C65H49Br3F6O12. The Kier molecular flexibility index (Phi) is 21.1. The SMILES string of the molecule is CC(Br)c1oc2cccc(F)c2c(=O)c1-c1ccc(F)cc1.C[C@H](O)c1oc2cccc(F)c2c(=O)c1-c1cccc(F)c1.Cc1cc(=O)c2c(O)cccc2o1.Cc1oc2cccc(F)c2c(=O)c1Br.Fc1cc(Br)ccc1OC1CCOCC1. The van der Waals surface area contributed by atoms with E-state index in [9.17, 15) is 55.7 Å². The molecule has 0 amide bonds. The molecule has 0 spiro atoms. The van der Waals surface area contributed by atoms with Gasteiger partial charge in [0.15, 0.2) is 17.0 Å². The number of aryl methyl sites for hydroxylation is 2. The number of rotatable bonds is 6. The summed E-state index contributed by atoms with van der Waals surface area (Å²) in [6, 6.07) is 34.3. The number of benzene rings is 7. The van der Waals surface area contributed by atoms with Gasteiger partial charge in [-0.2, -0.15) is 0 Å². The summed E-state index contributed by atoms with van der Waals surface area (Å²) >= 11 is 9.65. The molecule has 5 heterocycles. The zero-order valence-corrected chi connectivity index (χ0v) is 50.6. The Morgan fingerprint density at radius 1 is 0.535 bits per heavy atom. The summed E-state index contributed by atoms with van der Waals surface area (Å²) in [6.07, 6.45) is 0.637. The van der Waals surface area contributed by atoms with Crippen LogP contribution in [0.2, 0.25) is 0 Å². The molecule has 7 aromatic carbocycles. The third-order valence-electron chi connectivity index (χ3n) is 13.0. The molecule has 0 radical (unpaired) electrons. The van der Waals surface area contributed by atoms with E-state index in [4.69, 9.17) is 27.1 Å². The first-order chi connectivity index (χ1) is 41.0.